The summed E-state index contributed by atoms with van der Waals surface area (Å²) in [6.45, 7) is 6.29. The van der Waals surface area contributed by atoms with Crippen LogP contribution in [-0.2, 0) is 16.3 Å². The molecule has 112 valence electrons. The molecule has 1 aromatic carbocycles. The van der Waals surface area contributed by atoms with Gasteiger partial charge in [-0.15, -0.1) is 0 Å². The molecule has 0 unspecified atom stereocenters. The molecule has 0 radical (unpaired) electrons. The molecule has 0 saturated carbocycles. The Labute approximate surface area is 124 Å². The van der Waals surface area contributed by atoms with Gasteiger partial charge >= 0.3 is 0 Å². The van der Waals surface area contributed by atoms with Crippen LogP contribution in [0.2, 0.25) is 0 Å². The maximum Gasteiger partial charge on any atom is 0.179 e. The Kier molecular flexibility index (Phi) is 2.99. The highest BCUT2D eigenvalue weighted by atomic mass is 32.2. The van der Waals surface area contributed by atoms with Crippen LogP contribution in [0.5, 0.6) is 0 Å². The Morgan fingerprint density at radius 3 is 2.57 bits per heavy atom. The fraction of sp³-hybridized carbons (Fsp3) is 0.467. The van der Waals surface area contributed by atoms with Crippen LogP contribution in [0.25, 0.3) is 10.9 Å². The first kappa shape index (κ1) is 14.3. The Balaban J connectivity index is 2.36. The van der Waals surface area contributed by atoms with E-state index in [1.54, 1.807) is 12.1 Å². The van der Waals surface area contributed by atoms with Crippen molar-refractivity contribution in [2.75, 3.05) is 17.7 Å². The van der Waals surface area contributed by atoms with Gasteiger partial charge in [-0.2, -0.15) is 0 Å². The first-order valence-corrected chi connectivity index (χ1v) is 8.60. The van der Waals surface area contributed by atoms with Gasteiger partial charge in [0, 0.05) is 18.0 Å². The zero-order valence-electron chi connectivity index (χ0n) is 12.7. The molecule has 2 aromatic rings. The molecule has 0 atom stereocenters. The number of nitrogens with zero attached hydrogens (tertiary/aromatic N) is 3. The van der Waals surface area contributed by atoms with Gasteiger partial charge in [0.05, 0.1) is 16.2 Å². The molecule has 0 fully saturated rings. The second-order valence-corrected chi connectivity index (χ2v) is 8.51. The summed E-state index contributed by atoms with van der Waals surface area (Å²) in [5.74, 6) is 0.969. The van der Waals surface area contributed by atoms with Gasteiger partial charge in [-0.05, 0) is 44.9 Å². The minimum absolute atomic E-state index is 0.110. The van der Waals surface area contributed by atoms with E-state index in [0.717, 1.165) is 22.3 Å². The number of benzene rings is 1. The van der Waals surface area contributed by atoms with E-state index in [0.29, 0.717) is 11.3 Å². The average molecular weight is 305 g/mol. The molecule has 0 aliphatic carbocycles. The monoisotopic (exact) mass is 305 g/mol. The highest BCUT2D eigenvalue weighted by Crippen LogP contribution is 2.36. The molecule has 5 nitrogen and oxygen atoms in total. The molecule has 0 amide bonds. The van der Waals surface area contributed by atoms with Crippen LogP contribution in [0.1, 0.15) is 26.3 Å². The van der Waals surface area contributed by atoms with Crippen LogP contribution < -0.4 is 4.90 Å². The molecule has 0 spiro atoms. The van der Waals surface area contributed by atoms with Gasteiger partial charge in [0.25, 0.3) is 0 Å². The maximum absolute atomic E-state index is 12.1. The molecule has 0 saturated heterocycles. The molecule has 0 N–H and O–H groups in total. The number of aryl methyl sites for hydroxylation is 1. The third-order valence-electron chi connectivity index (χ3n) is 4.13. The summed E-state index contributed by atoms with van der Waals surface area (Å²) in [5.41, 5.74) is 1.55. The first-order chi connectivity index (χ1) is 9.72. The molecule has 6 heteroatoms. The van der Waals surface area contributed by atoms with Crippen LogP contribution >= 0.6 is 0 Å². The van der Waals surface area contributed by atoms with Crippen LogP contribution in [0, 0.1) is 0 Å². The van der Waals surface area contributed by atoms with Gasteiger partial charge in [0.15, 0.2) is 9.84 Å². The number of hydrogen-bond acceptors (Lipinski definition) is 5. The fourth-order valence-corrected chi connectivity index (χ4v) is 4.19. The van der Waals surface area contributed by atoms with Crippen LogP contribution in [-0.4, -0.2) is 36.7 Å². The Morgan fingerprint density at radius 1 is 1.19 bits per heavy atom. The quantitative estimate of drug-likeness (QED) is 0.808. The molecule has 2 heterocycles. The normalized spacial score (nSPS) is 17.0. The minimum Gasteiger partial charge on any atom is -0.354 e. The van der Waals surface area contributed by atoms with Crippen molar-refractivity contribution in [1.29, 1.82) is 0 Å². The van der Waals surface area contributed by atoms with E-state index in [2.05, 4.69) is 35.6 Å². The summed E-state index contributed by atoms with van der Waals surface area (Å²) in [6.07, 6.45) is 2.07. The molecule has 21 heavy (non-hydrogen) atoms. The molecular formula is C15H19N3O2S. The highest BCUT2D eigenvalue weighted by Gasteiger charge is 2.30. The van der Waals surface area contributed by atoms with Gasteiger partial charge < -0.3 is 4.90 Å². The number of sulfone groups is 1. The lowest BCUT2D eigenvalue weighted by Gasteiger charge is -2.33. The van der Waals surface area contributed by atoms with Gasteiger partial charge in [0.1, 0.15) is 12.1 Å². The summed E-state index contributed by atoms with van der Waals surface area (Å²) in [5, 5.41) is 0.869. The molecule has 1 aromatic heterocycles. The summed E-state index contributed by atoms with van der Waals surface area (Å²) >= 11 is 0. The number of fused-ring (bicyclic) bond motifs is 3. The third kappa shape index (κ3) is 2.18. The van der Waals surface area contributed by atoms with E-state index >= 15 is 0 Å². The van der Waals surface area contributed by atoms with Crippen molar-refractivity contribution in [2.24, 2.45) is 0 Å². The van der Waals surface area contributed by atoms with Crippen molar-refractivity contribution in [3.8, 4) is 0 Å². The van der Waals surface area contributed by atoms with Crippen LogP contribution in [0.4, 0.5) is 5.82 Å². The van der Waals surface area contributed by atoms with Crippen LogP contribution in [0.15, 0.2) is 23.4 Å². The van der Waals surface area contributed by atoms with E-state index in [4.69, 9.17) is 0 Å². The van der Waals surface area contributed by atoms with E-state index in [1.165, 1.54) is 6.33 Å². The Morgan fingerprint density at radius 2 is 1.90 bits per heavy atom. The number of hydrogen-bond donors (Lipinski definition) is 0. The van der Waals surface area contributed by atoms with Crippen molar-refractivity contribution < 1.29 is 8.42 Å². The van der Waals surface area contributed by atoms with E-state index < -0.39 is 9.84 Å². The molecule has 3 rings (SSSR count). The standard InChI is InChI=1S/C15H19N3O2S/c1-15(2,3)18(4)14-13-10-7-8-21(19,20)12(10)6-5-11(13)16-9-17-14/h5-6,9H,7-8H2,1-4H3. The Hall–Kier alpha value is -1.69. The Bertz CT molecular complexity index is 823. The summed E-state index contributed by atoms with van der Waals surface area (Å²) in [6, 6.07) is 3.45. The van der Waals surface area contributed by atoms with Crippen molar-refractivity contribution in [3.63, 3.8) is 0 Å². The fourth-order valence-electron chi connectivity index (χ4n) is 2.64. The highest BCUT2D eigenvalue weighted by molar-refractivity contribution is 7.91. The summed E-state index contributed by atoms with van der Waals surface area (Å²) in [4.78, 5) is 11.2. The average Bonchev–Trinajstić information content (AvgIpc) is 2.72. The SMILES string of the molecule is CN(c1ncnc2ccc3c(c12)CCS3(=O)=O)C(C)(C)C. The molecule has 0 bridgehead atoms. The maximum atomic E-state index is 12.1. The van der Waals surface area contributed by atoms with E-state index in [1.807, 2.05) is 7.05 Å². The molecule has 1 aliphatic rings. The van der Waals surface area contributed by atoms with Crippen molar-refractivity contribution >= 4 is 26.6 Å². The van der Waals surface area contributed by atoms with Crippen molar-refractivity contribution in [2.45, 2.75) is 37.6 Å². The summed E-state index contributed by atoms with van der Waals surface area (Å²) in [7, 11) is -1.17. The predicted molar refractivity (Wildman–Crippen MR) is 83.5 cm³/mol. The largest absolute Gasteiger partial charge is 0.354 e. The number of rotatable bonds is 1. The van der Waals surface area contributed by atoms with Gasteiger partial charge in [-0.3, -0.25) is 0 Å². The van der Waals surface area contributed by atoms with E-state index in [9.17, 15) is 8.42 Å². The summed E-state index contributed by atoms with van der Waals surface area (Å²) < 4.78 is 24.2. The van der Waals surface area contributed by atoms with Gasteiger partial charge in [-0.25, -0.2) is 18.4 Å². The molecular weight excluding hydrogens is 286 g/mol. The van der Waals surface area contributed by atoms with Crippen molar-refractivity contribution in [1.82, 2.24) is 9.97 Å². The zero-order chi connectivity index (χ0) is 15.4. The van der Waals surface area contributed by atoms with Gasteiger partial charge in [-0.1, -0.05) is 0 Å². The van der Waals surface area contributed by atoms with Crippen LogP contribution in [0.3, 0.4) is 0 Å². The number of anilines is 1. The van der Waals surface area contributed by atoms with E-state index in [-0.39, 0.29) is 11.3 Å². The lowest BCUT2D eigenvalue weighted by Crippen LogP contribution is -2.38. The smallest absolute Gasteiger partial charge is 0.179 e. The first-order valence-electron chi connectivity index (χ1n) is 6.95. The lowest BCUT2D eigenvalue weighted by molar-refractivity contribution is 0.535. The lowest BCUT2D eigenvalue weighted by atomic mass is 10.0. The molecule has 1 aliphatic heterocycles. The van der Waals surface area contributed by atoms with Gasteiger partial charge in [0.2, 0.25) is 0 Å². The predicted octanol–water partition coefficient (Wildman–Crippen LogP) is 2.19. The third-order valence-corrected chi connectivity index (χ3v) is 5.92. The zero-order valence-corrected chi connectivity index (χ0v) is 13.5. The topological polar surface area (TPSA) is 63.2 Å². The second kappa shape index (κ2) is 4.40. The second-order valence-electron chi connectivity index (χ2n) is 6.43. The number of aromatic nitrogens is 2. The van der Waals surface area contributed by atoms with Crippen molar-refractivity contribution in [3.05, 3.63) is 24.0 Å². The minimum atomic E-state index is -3.15.